The summed E-state index contributed by atoms with van der Waals surface area (Å²) in [5, 5.41) is 29.8. The smallest absolute Gasteiger partial charge is 0.409 e. The summed E-state index contributed by atoms with van der Waals surface area (Å²) in [5.41, 5.74) is 5.20. The zero-order valence-corrected chi connectivity index (χ0v) is 34.5. The molecule has 0 aliphatic heterocycles. The minimum atomic E-state index is -2.28. The van der Waals surface area contributed by atoms with E-state index in [1.807, 2.05) is 54.6 Å². The van der Waals surface area contributed by atoms with Crippen LogP contribution in [-0.4, -0.2) is 55.7 Å². The highest BCUT2D eigenvalue weighted by Crippen LogP contribution is 2.41. The molecule has 1 atom stereocenters. The van der Waals surface area contributed by atoms with Crippen LogP contribution in [0, 0.1) is 0 Å². The van der Waals surface area contributed by atoms with Crippen LogP contribution in [0.4, 0.5) is 10.5 Å². The number of hydrogen-bond acceptors (Lipinski definition) is 7. The van der Waals surface area contributed by atoms with E-state index in [0.29, 0.717) is 65.4 Å². The number of amides is 2. The van der Waals surface area contributed by atoms with Crippen molar-refractivity contribution in [3.05, 3.63) is 123 Å². The van der Waals surface area contributed by atoms with Crippen molar-refractivity contribution in [2.75, 3.05) is 25.5 Å². The normalized spacial score (nSPS) is 12.3. The van der Waals surface area contributed by atoms with Crippen molar-refractivity contribution in [1.82, 2.24) is 15.6 Å². The Balaban J connectivity index is 1.21. The van der Waals surface area contributed by atoms with Crippen LogP contribution in [0.3, 0.4) is 0 Å². The van der Waals surface area contributed by atoms with Gasteiger partial charge in [-0.2, -0.15) is 0 Å². The molecule has 0 unspecified atom stereocenters. The Kier molecular flexibility index (Phi) is 13.7. The van der Waals surface area contributed by atoms with Crippen LogP contribution in [-0.2, 0) is 17.4 Å². The van der Waals surface area contributed by atoms with Crippen LogP contribution in [0.5, 0.6) is 11.5 Å². The molecule has 0 aliphatic rings. The van der Waals surface area contributed by atoms with Crippen molar-refractivity contribution in [1.29, 1.82) is 0 Å². The van der Waals surface area contributed by atoms with Crippen molar-refractivity contribution in [3.8, 4) is 22.6 Å². The van der Waals surface area contributed by atoms with Gasteiger partial charge < -0.3 is 35.0 Å². The third-order valence-electron chi connectivity index (χ3n) is 10.3. The predicted molar refractivity (Wildman–Crippen MR) is 226 cm³/mol. The lowest BCUT2D eigenvalue weighted by atomic mass is 9.99. The summed E-state index contributed by atoms with van der Waals surface area (Å²) in [6.07, 6.45) is 0.654. The zero-order chi connectivity index (χ0) is 40.6. The number of unbranched alkanes of at least 4 members (excludes halogenated alkanes) is 1. The maximum Gasteiger partial charge on any atom is 0.409 e. The van der Waals surface area contributed by atoms with E-state index in [1.165, 1.54) is 6.07 Å². The average Bonchev–Trinajstić information content (AvgIpc) is 3.14. The number of carbonyl (C=O) groups is 2. The zero-order valence-electron chi connectivity index (χ0n) is 32.7. The molecule has 0 saturated carbocycles. The number of phenolic OH excluding ortho intramolecular Hbond substituents is 1. The Morgan fingerprint density at radius 1 is 0.964 bits per heavy atom. The lowest BCUT2D eigenvalue weighted by Gasteiger charge is -2.39. The number of nitrogens with one attached hydrogen (secondary N) is 4. The van der Waals surface area contributed by atoms with E-state index in [9.17, 15) is 24.6 Å². The Hall–Kier alpha value is -5.14. The summed E-state index contributed by atoms with van der Waals surface area (Å²) in [5.74, 6) is 0.180. The summed E-state index contributed by atoms with van der Waals surface area (Å²) < 4.78 is 12.6. The van der Waals surface area contributed by atoms with Gasteiger partial charge in [-0.15, -0.1) is 0 Å². The van der Waals surface area contributed by atoms with Gasteiger partial charge in [0, 0.05) is 42.2 Å². The number of aromatic amines is 1. The van der Waals surface area contributed by atoms with Crippen LogP contribution in [0.15, 0.2) is 89.7 Å². The topological polar surface area (TPSA) is 162 Å². The highest BCUT2D eigenvalue weighted by molar-refractivity contribution is 6.74. The number of carbonyl (C=O) groups excluding carboxylic acids is 1. The fourth-order valence-electron chi connectivity index (χ4n) is 6.31. The second-order valence-corrected chi connectivity index (χ2v) is 20.5. The predicted octanol–water partition coefficient (Wildman–Crippen LogP) is 9.26. The number of hydrogen-bond donors (Lipinski definition) is 6. The van der Waals surface area contributed by atoms with Crippen LogP contribution in [0.2, 0.25) is 23.2 Å². The fourth-order valence-corrected chi connectivity index (χ4v) is 7.86. The van der Waals surface area contributed by atoms with Gasteiger partial charge in [-0.3, -0.25) is 14.9 Å². The van der Waals surface area contributed by atoms with Gasteiger partial charge in [0.2, 0.25) is 5.56 Å². The second kappa shape index (κ2) is 18.2. The first-order chi connectivity index (χ1) is 26.6. The largest absolute Gasteiger partial charge is 0.506 e. The highest BCUT2D eigenvalue weighted by atomic mass is 35.5. The molecule has 4 aromatic carbocycles. The molecule has 5 aromatic rings. The SMILES string of the molecule is COc1cc(C(=O)NCCCCc2ccc(-c3ccccc3)c(NC(=O)O)c2)c(Cl)cc1CNC[C@H](O[Si](C)(C)C(C)(C)C)c1ccc(O)c2[nH]c(=O)ccc12. The minimum absolute atomic E-state index is 0.0141. The summed E-state index contributed by atoms with van der Waals surface area (Å²) in [7, 11) is -0.735. The number of phenols is 1. The van der Waals surface area contributed by atoms with Crippen molar-refractivity contribution in [3.63, 3.8) is 0 Å². The number of benzene rings is 4. The summed E-state index contributed by atoms with van der Waals surface area (Å²) in [6.45, 7) is 12.1. The molecular formula is C43H51ClN4O7Si. The first kappa shape index (κ1) is 42.0. The minimum Gasteiger partial charge on any atom is -0.506 e. The van der Waals surface area contributed by atoms with Gasteiger partial charge in [0.05, 0.1) is 35.0 Å². The number of methoxy groups -OCH3 is 1. The van der Waals surface area contributed by atoms with Gasteiger partial charge in [0.1, 0.15) is 11.5 Å². The Bertz CT molecular complexity index is 2240. The van der Waals surface area contributed by atoms with E-state index in [2.05, 4.69) is 54.8 Å². The number of rotatable bonds is 16. The Labute approximate surface area is 333 Å². The van der Waals surface area contributed by atoms with E-state index >= 15 is 0 Å². The molecule has 13 heteroatoms. The molecular weight excluding hydrogens is 748 g/mol. The number of halogens is 1. The van der Waals surface area contributed by atoms with Gasteiger partial charge in [-0.25, -0.2) is 4.79 Å². The van der Waals surface area contributed by atoms with Gasteiger partial charge in [-0.1, -0.05) is 80.9 Å². The number of aryl methyl sites for hydroxylation is 1. The van der Waals surface area contributed by atoms with Crippen LogP contribution >= 0.6 is 11.6 Å². The fraction of sp³-hybridized carbons (Fsp3) is 0.326. The van der Waals surface area contributed by atoms with Crippen molar-refractivity contribution in [2.24, 2.45) is 0 Å². The number of pyridine rings is 1. The molecule has 11 nitrogen and oxygen atoms in total. The molecule has 0 spiro atoms. The summed E-state index contributed by atoms with van der Waals surface area (Å²) >= 11 is 6.69. The molecule has 0 aliphatic carbocycles. The first-order valence-electron chi connectivity index (χ1n) is 18.6. The third-order valence-corrected chi connectivity index (χ3v) is 15.1. The Morgan fingerprint density at radius 3 is 2.41 bits per heavy atom. The standard InChI is InChI=1S/C43H51ClN4O7Si/c1-43(2,3)56(5,6)55-38(31-17-19-36(49)40-32(31)18-20-39(50)48-40)26-45-25-29-23-34(44)33(24-37(29)54-4)41(51)46-21-11-10-12-27-15-16-30(28-13-8-7-9-14-28)35(22-27)47-42(52)53/h7-9,13-20,22-24,38,45,47,49H,10-12,21,25-26H2,1-6H3,(H,46,51)(H,48,50)(H,52,53)/t38-/m0/s1. The van der Waals surface area contributed by atoms with Gasteiger partial charge in [0.15, 0.2) is 8.32 Å². The number of aromatic nitrogens is 1. The number of fused-ring (bicyclic) bond motifs is 1. The molecule has 1 aromatic heterocycles. The first-order valence-corrected chi connectivity index (χ1v) is 21.9. The molecule has 0 fully saturated rings. The average molecular weight is 799 g/mol. The van der Waals surface area contributed by atoms with Crippen molar-refractivity contribution in [2.45, 2.75) is 70.8 Å². The van der Waals surface area contributed by atoms with Gasteiger partial charge in [-0.05, 0) is 84.4 Å². The van der Waals surface area contributed by atoms with E-state index in [1.54, 1.807) is 31.4 Å². The monoisotopic (exact) mass is 798 g/mol. The maximum absolute atomic E-state index is 13.2. The van der Waals surface area contributed by atoms with Gasteiger partial charge >= 0.3 is 6.09 Å². The molecule has 5 rings (SSSR count). The van der Waals surface area contributed by atoms with E-state index in [4.69, 9.17) is 20.8 Å². The maximum atomic E-state index is 13.2. The third kappa shape index (κ3) is 10.4. The van der Waals surface area contributed by atoms with E-state index in [0.717, 1.165) is 34.2 Å². The van der Waals surface area contributed by atoms with Crippen LogP contribution in [0.25, 0.3) is 22.0 Å². The number of aromatic hydroxyl groups is 1. The molecule has 1 heterocycles. The molecule has 0 saturated heterocycles. The van der Waals surface area contributed by atoms with Crippen molar-refractivity contribution < 1.29 is 29.0 Å². The Morgan fingerprint density at radius 2 is 1.71 bits per heavy atom. The molecule has 0 radical (unpaired) electrons. The molecule has 0 bridgehead atoms. The second-order valence-electron chi connectivity index (χ2n) is 15.3. The van der Waals surface area contributed by atoms with E-state index in [-0.39, 0.29) is 22.3 Å². The van der Waals surface area contributed by atoms with Crippen molar-refractivity contribution >= 4 is 48.5 Å². The lowest BCUT2D eigenvalue weighted by molar-refractivity contribution is 0.0952. The molecule has 296 valence electrons. The number of H-pyrrole nitrogens is 1. The summed E-state index contributed by atoms with van der Waals surface area (Å²) in [4.78, 5) is 39.6. The van der Waals surface area contributed by atoms with Crippen LogP contribution in [0.1, 0.15) is 66.8 Å². The molecule has 6 N–H and O–H groups in total. The quantitative estimate of drug-likeness (QED) is 0.0425. The van der Waals surface area contributed by atoms with E-state index < -0.39 is 20.5 Å². The highest BCUT2D eigenvalue weighted by Gasteiger charge is 2.39. The number of anilines is 1. The van der Waals surface area contributed by atoms with Crippen LogP contribution < -0.4 is 26.2 Å². The number of carboxylic acid groups (broad SMARTS) is 1. The summed E-state index contributed by atoms with van der Waals surface area (Å²) in [6, 6.07) is 25.3. The molecule has 56 heavy (non-hydrogen) atoms. The van der Waals surface area contributed by atoms with Gasteiger partial charge in [0.25, 0.3) is 5.91 Å². The molecule has 2 amide bonds. The lowest BCUT2D eigenvalue weighted by Crippen LogP contribution is -2.43. The number of ether oxygens (including phenoxy) is 1.